The van der Waals surface area contributed by atoms with Gasteiger partial charge in [0.2, 0.25) is 11.8 Å². The van der Waals surface area contributed by atoms with Gasteiger partial charge in [0.15, 0.2) is 5.82 Å². The van der Waals surface area contributed by atoms with Gasteiger partial charge in [-0.2, -0.15) is 5.10 Å². The van der Waals surface area contributed by atoms with E-state index in [9.17, 15) is 18.8 Å². The van der Waals surface area contributed by atoms with Crippen molar-refractivity contribution in [1.82, 2.24) is 35.3 Å². The molecular formula is C36H36FN9O3. The first-order valence-corrected chi connectivity index (χ1v) is 16.2. The number of benzene rings is 3. The lowest BCUT2D eigenvalue weighted by atomic mass is 9.96. The first-order chi connectivity index (χ1) is 23.8. The van der Waals surface area contributed by atoms with Crippen molar-refractivity contribution < 1.29 is 18.8 Å². The molecule has 1 unspecified atom stereocenters. The van der Waals surface area contributed by atoms with E-state index in [0.717, 1.165) is 27.7 Å². The molecule has 1 atom stereocenters. The molecule has 0 saturated carbocycles. The van der Waals surface area contributed by atoms with Gasteiger partial charge < -0.3 is 20.4 Å². The fraction of sp³-hybridized carbons (Fsp3) is 0.278. The van der Waals surface area contributed by atoms with Crippen LogP contribution in [-0.2, 0) is 14.4 Å². The summed E-state index contributed by atoms with van der Waals surface area (Å²) in [5.74, 6) is -0.351. The summed E-state index contributed by atoms with van der Waals surface area (Å²) in [6.45, 7) is 4.81. The Hall–Kier alpha value is -5.69. The standard InChI is InChI=1S/C36H36FN9O3/c1-24(47)41-36(35(49)40-28-9-12-31-30(21-28)33(43-42-31)25-3-7-27(37)8-4-25)13-16-44(23-36)22-32(48)46-19-17-45(18-20-46)29-10-5-26(6-11-29)34-38-14-2-15-39-34/h2-12,14-15,21H,13,16-20,22-23H2,1H3,(H,40,49)(H,41,47)(H,42,43). The molecule has 0 spiro atoms. The number of halogens is 1. The zero-order valence-corrected chi connectivity index (χ0v) is 27.0. The van der Waals surface area contributed by atoms with E-state index in [1.54, 1.807) is 42.7 Å². The highest BCUT2D eigenvalue weighted by molar-refractivity contribution is 6.03. The van der Waals surface area contributed by atoms with E-state index in [0.29, 0.717) is 56.4 Å². The van der Waals surface area contributed by atoms with E-state index in [-0.39, 0.29) is 36.6 Å². The Balaban J connectivity index is 0.969. The van der Waals surface area contributed by atoms with Gasteiger partial charge in [-0.25, -0.2) is 14.4 Å². The molecule has 0 radical (unpaired) electrons. The molecule has 7 rings (SSSR count). The lowest BCUT2D eigenvalue weighted by Gasteiger charge is -2.37. The summed E-state index contributed by atoms with van der Waals surface area (Å²) in [6.07, 6.45) is 3.80. The average molecular weight is 662 g/mol. The number of likely N-dealkylation sites (tertiary alicyclic amines) is 1. The highest BCUT2D eigenvalue weighted by atomic mass is 19.1. The number of nitrogens with one attached hydrogen (secondary N) is 3. The normalized spacial score (nSPS) is 18.1. The number of piperazine rings is 1. The van der Waals surface area contributed by atoms with E-state index in [1.165, 1.54) is 19.1 Å². The highest BCUT2D eigenvalue weighted by Crippen LogP contribution is 2.30. The van der Waals surface area contributed by atoms with Gasteiger partial charge >= 0.3 is 0 Å². The predicted octanol–water partition coefficient (Wildman–Crippen LogP) is 3.69. The minimum atomic E-state index is -1.20. The van der Waals surface area contributed by atoms with Crippen molar-refractivity contribution in [3.05, 3.63) is 91.0 Å². The fourth-order valence-electron chi connectivity index (χ4n) is 6.65. The van der Waals surface area contributed by atoms with Crippen LogP contribution in [0.2, 0.25) is 0 Å². The zero-order valence-electron chi connectivity index (χ0n) is 27.0. The largest absolute Gasteiger partial charge is 0.368 e. The quantitative estimate of drug-likeness (QED) is 0.229. The van der Waals surface area contributed by atoms with Gasteiger partial charge in [-0.15, -0.1) is 0 Å². The third-order valence-electron chi connectivity index (χ3n) is 9.18. The van der Waals surface area contributed by atoms with Gasteiger partial charge in [0, 0.05) is 86.5 Å². The number of amides is 3. The minimum Gasteiger partial charge on any atom is -0.368 e. The first-order valence-electron chi connectivity index (χ1n) is 16.2. The van der Waals surface area contributed by atoms with Crippen LogP contribution in [0.4, 0.5) is 15.8 Å². The number of carbonyl (C=O) groups is 3. The molecular weight excluding hydrogens is 625 g/mol. The van der Waals surface area contributed by atoms with Crippen molar-refractivity contribution >= 4 is 40.0 Å². The Morgan fingerprint density at radius 2 is 1.61 bits per heavy atom. The van der Waals surface area contributed by atoms with Crippen LogP contribution in [0.5, 0.6) is 0 Å². The lowest BCUT2D eigenvalue weighted by Crippen LogP contribution is -2.58. The molecule has 2 saturated heterocycles. The maximum atomic E-state index is 13.8. The van der Waals surface area contributed by atoms with Gasteiger partial charge in [-0.1, -0.05) is 0 Å². The SMILES string of the molecule is CC(=O)NC1(C(=O)Nc2ccc3[nH]nc(-c4ccc(F)cc4)c3c2)CCN(CC(=O)N2CCN(c3ccc(-c4ncccn4)cc3)CC2)C1. The number of anilines is 2. The van der Waals surface area contributed by atoms with E-state index < -0.39 is 5.54 Å². The number of fused-ring (bicyclic) bond motifs is 1. The van der Waals surface area contributed by atoms with Gasteiger partial charge in [0.05, 0.1) is 17.8 Å². The number of hydrogen-bond acceptors (Lipinski definition) is 8. The molecule has 4 heterocycles. The molecule has 12 nitrogen and oxygen atoms in total. The molecule has 3 N–H and O–H groups in total. The van der Waals surface area contributed by atoms with Crippen LogP contribution < -0.4 is 15.5 Å². The van der Waals surface area contributed by atoms with Crippen LogP contribution in [-0.4, -0.2) is 99.0 Å². The highest BCUT2D eigenvalue weighted by Gasteiger charge is 2.46. The summed E-state index contributed by atoms with van der Waals surface area (Å²) in [7, 11) is 0. The van der Waals surface area contributed by atoms with Crippen molar-refractivity contribution in [2.24, 2.45) is 0 Å². The number of aromatic amines is 1. The van der Waals surface area contributed by atoms with Gasteiger partial charge in [0.1, 0.15) is 11.4 Å². The molecule has 2 aliphatic heterocycles. The van der Waals surface area contributed by atoms with Crippen LogP contribution in [0.1, 0.15) is 13.3 Å². The molecule has 2 aromatic heterocycles. The maximum absolute atomic E-state index is 13.8. The summed E-state index contributed by atoms with van der Waals surface area (Å²) in [6, 6.07) is 21.3. The van der Waals surface area contributed by atoms with E-state index >= 15 is 0 Å². The first kappa shape index (κ1) is 31.9. The van der Waals surface area contributed by atoms with Gasteiger partial charge in [-0.3, -0.25) is 24.4 Å². The molecule has 3 amide bonds. The Bertz CT molecular complexity index is 1980. The number of nitrogens with zero attached hydrogens (tertiary/aromatic N) is 6. The van der Waals surface area contributed by atoms with Crippen LogP contribution in [0.15, 0.2) is 85.2 Å². The zero-order chi connectivity index (χ0) is 34.0. The smallest absolute Gasteiger partial charge is 0.251 e. The maximum Gasteiger partial charge on any atom is 0.251 e. The molecule has 49 heavy (non-hydrogen) atoms. The monoisotopic (exact) mass is 661 g/mol. The summed E-state index contributed by atoms with van der Waals surface area (Å²) in [5.41, 5.74) is 3.48. The third-order valence-corrected chi connectivity index (χ3v) is 9.18. The second kappa shape index (κ2) is 13.4. The Morgan fingerprint density at radius 1 is 0.898 bits per heavy atom. The second-order valence-corrected chi connectivity index (χ2v) is 12.5. The van der Waals surface area contributed by atoms with E-state index in [4.69, 9.17) is 0 Å². The molecule has 2 fully saturated rings. The van der Waals surface area contributed by atoms with E-state index in [2.05, 4.69) is 47.8 Å². The Labute approximate surface area is 282 Å². The molecule has 0 aliphatic carbocycles. The Morgan fingerprint density at radius 3 is 2.33 bits per heavy atom. The number of carbonyl (C=O) groups excluding carboxylic acids is 3. The third kappa shape index (κ3) is 6.83. The fourth-order valence-corrected chi connectivity index (χ4v) is 6.65. The van der Waals surface area contributed by atoms with Crippen molar-refractivity contribution in [1.29, 1.82) is 0 Å². The molecule has 250 valence electrons. The second-order valence-electron chi connectivity index (χ2n) is 12.5. The van der Waals surface area contributed by atoms with Gasteiger partial charge in [-0.05, 0) is 79.2 Å². The summed E-state index contributed by atoms with van der Waals surface area (Å²) >= 11 is 0. The molecule has 2 aliphatic rings. The average Bonchev–Trinajstić information content (AvgIpc) is 3.73. The topological polar surface area (TPSA) is 139 Å². The number of rotatable bonds is 8. The van der Waals surface area contributed by atoms with Crippen LogP contribution >= 0.6 is 0 Å². The minimum absolute atomic E-state index is 0.00557. The number of hydrogen-bond donors (Lipinski definition) is 3. The molecule has 0 bridgehead atoms. The number of aromatic nitrogens is 4. The predicted molar refractivity (Wildman–Crippen MR) is 184 cm³/mol. The van der Waals surface area contributed by atoms with Crippen molar-refractivity contribution in [2.75, 3.05) is 56.0 Å². The molecule has 5 aromatic rings. The number of H-pyrrole nitrogens is 1. The van der Waals surface area contributed by atoms with E-state index in [1.807, 2.05) is 28.0 Å². The lowest BCUT2D eigenvalue weighted by molar-refractivity contribution is -0.133. The molecule has 3 aromatic carbocycles. The van der Waals surface area contributed by atoms with Crippen molar-refractivity contribution in [2.45, 2.75) is 18.9 Å². The van der Waals surface area contributed by atoms with Crippen LogP contribution in [0.25, 0.3) is 33.5 Å². The molecule has 13 heteroatoms. The van der Waals surface area contributed by atoms with Crippen molar-refractivity contribution in [3.63, 3.8) is 0 Å². The summed E-state index contributed by atoms with van der Waals surface area (Å²) in [4.78, 5) is 54.2. The Kier molecular flexibility index (Phi) is 8.74. The van der Waals surface area contributed by atoms with Crippen molar-refractivity contribution in [3.8, 4) is 22.6 Å². The summed E-state index contributed by atoms with van der Waals surface area (Å²) < 4.78 is 13.5. The van der Waals surface area contributed by atoms with Gasteiger partial charge in [0.25, 0.3) is 5.91 Å². The summed E-state index contributed by atoms with van der Waals surface area (Å²) in [5, 5.41) is 14.0. The van der Waals surface area contributed by atoms with Crippen LogP contribution in [0.3, 0.4) is 0 Å². The van der Waals surface area contributed by atoms with Crippen LogP contribution in [0, 0.1) is 5.82 Å².